The summed E-state index contributed by atoms with van der Waals surface area (Å²) in [6.45, 7) is -2.24. The van der Waals surface area contributed by atoms with E-state index >= 15 is 0 Å². The van der Waals surface area contributed by atoms with Crippen molar-refractivity contribution in [1.82, 2.24) is 5.32 Å². The van der Waals surface area contributed by atoms with Gasteiger partial charge in [0.05, 0.1) is 19.8 Å². The molecule has 0 radical (unpaired) electrons. The van der Waals surface area contributed by atoms with Crippen molar-refractivity contribution in [2.45, 2.75) is 5.54 Å². The number of hydrogen-bond acceptors (Lipinski definition) is 6. The number of rotatable bonds is 7. The van der Waals surface area contributed by atoms with Crippen molar-refractivity contribution in [3.05, 3.63) is 24.3 Å². The Hall–Kier alpha value is -1.83. The van der Waals surface area contributed by atoms with Crippen molar-refractivity contribution in [3.63, 3.8) is 0 Å². The van der Waals surface area contributed by atoms with Crippen molar-refractivity contribution < 1.29 is 30.0 Å². The molecule has 0 aliphatic rings. The molecule has 19 heavy (non-hydrogen) atoms. The zero-order chi connectivity index (χ0) is 14.3. The summed E-state index contributed by atoms with van der Waals surface area (Å²) in [7, 11) is 0. The fourth-order valence-electron chi connectivity index (χ4n) is 1.32. The first-order valence-electron chi connectivity index (χ1n) is 5.61. The fraction of sp³-hybridized carbons (Fsp3) is 0.417. The Kier molecular flexibility index (Phi) is 5.56. The van der Waals surface area contributed by atoms with Crippen LogP contribution in [-0.2, 0) is 4.79 Å². The van der Waals surface area contributed by atoms with E-state index in [1.165, 1.54) is 12.1 Å². The monoisotopic (exact) mass is 271 g/mol. The van der Waals surface area contributed by atoms with Gasteiger partial charge in [-0.2, -0.15) is 0 Å². The van der Waals surface area contributed by atoms with E-state index < -0.39 is 37.9 Å². The molecule has 0 saturated heterocycles. The molecule has 0 bridgehead atoms. The summed E-state index contributed by atoms with van der Waals surface area (Å²) in [6.07, 6.45) is 0. The Balaban J connectivity index is 2.54. The van der Waals surface area contributed by atoms with Crippen LogP contribution in [-0.4, -0.2) is 58.3 Å². The van der Waals surface area contributed by atoms with Crippen molar-refractivity contribution in [2.24, 2.45) is 0 Å². The number of benzene rings is 1. The standard InChI is InChI=1S/C12H17NO6/c14-6-12(7-15,8-16)13-11(18)5-19-10-4-2-1-3-9(10)17/h1-4,14-17H,5-8H2,(H,13,18). The highest BCUT2D eigenvalue weighted by Gasteiger charge is 2.30. The smallest absolute Gasteiger partial charge is 0.258 e. The number of aromatic hydroxyl groups is 1. The highest BCUT2D eigenvalue weighted by Crippen LogP contribution is 2.24. The molecule has 0 aromatic heterocycles. The molecule has 7 nitrogen and oxygen atoms in total. The maximum Gasteiger partial charge on any atom is 0.258 e. The largest absolute Gasteiger partial charge is 0.504 e. The van der Waals surface area contributed by atoms with Crippen molar-refractivity contribution in [2.75, 3.05) is 26.4 Å². The summed E-state index contributed by atoms with van der Waals surface area (Å²) in [5.74, 6) is -0.603. The van der Waals surface area contributed by atoms with Gasteiger partial charge in [-0.3, -0.25) is 4.79 Å². The van der Waals surface area contributed by atoms with Crippen LogP contribution in [0.2, 0.25) is 0 Å². The maximum atomic E-state index is 11.6. The van der Waals surface area contributed by atoms with Crippen LogP contribution in [0.25, 0.3) is 0 Å². The van der Waals surface area contributed by atoms with Crippen LogP contribution in [0.5, 0.6) is 11.5 Å². The summed E-state index contributed by atoms with van der Waals surface area (Å²) in [6, 6.07) is 6.13. The number of phenols is 1. The van der Waals surface area contributed by atoms with Crippen LogP contribution in [0, 0.1) is 0 Å². The Bertz CT molecular complexity index is 410. The lowest BCUT2D eigenvalue weighted by Crippen LogP contribution is -2.58. The Morgan fingerprint density at radius 2 is 1.74 bits per heavy atom. The molecule has 7 heteroatoms. The number of aliphatic hydroxyl groups excluding tert-OH is 3. The molecule has 1 amide bonds. The molecule has 0 saturated carbocycles. The number of aliphatic hydroxyl groups is 3. The van der Waals surface area contributed by atoms with Gasteiger partial charge in [-0.05, 0) is 12.1 Å². The third-order valence-electron chi connectivity index (χ3n) is 2.54. The van der Waals surface area contributed by atoms with Crippen molar-refractivity contribution in [3.8, 4) is 11.5 Å². The molecule has 1 aromatic carbocycles. The minimum Gasteiger partial charge on any atom is -0.504 e. The van der Waals surface area contributed by atoms with Crippen LogP contribution < -0.4 is 10.1 Å². The van der Waals surface area contributed by atoms with Gasteiger partial charge in [-0.1, -0.05) is 12.1 Å². The number of ether oxygens (including phenoxy) is 1. The Labute approximate surface area is 110 Å². The number of para-hydroxylation sites is 2. The van der Waals surface area contributed by atoms with E-state index in [0.717, 1.165) is 0 Å². The van der Waals surface area contributed by atoms with E-state index in [4.69, 9.17) is 20.1 Å². The van der Waals surface area contributed by atoms with Gasteiger partial charge in [0.25, 0.3) is 5.91 Å². The molecule has 0 aliphatic carbocycles. The van der Waals surface area contributed by atoms with Gasteiger partial charge in [0.1, 0.15) is 5.54 Å². The SMILES string of the molecule is O=C(COc1ccccc1O)NC(CO)(CO)CO. The zero-order valence-electron chi connectivity index (χ0n) is 10.2. The van der Waals surface area contributed by atoms with E-state index in [0.29, 0.717) is 0 Å². The van der Waals surface area contributed by atoms with E-state index in [9.17, 15) is 9.90 Å². The highest BCUT2D eigenvalue weighted by molar-refractivity contribution is 5.78. The molecule has 0 heterocycles. The molecule has 0 fully saturated rings. The number of carbonyl (C=O) groups is 1. The zero-order valence-corrected chi connectivity index (χ0v) is 10.2. The third kappa shape index (κ3) is 4.09. The molecule has 1 aromatic rings. The lowest BCUT2D eigenvalue weighted by atomic mass is 10.0. The van der Waals surface area contributed by atoms with Crippen LogP contribution in [0.3, 0.4) is 0 Å². The van der Waals surface area contributed by atoms with E-state index in [2.05, 4.69) is 5.32 Å². The normalized spacial score (nSPS) is 11.1. The number of nitrogens with one attached hydrogen (secondary N) is 1. The predicted molar refractivity (Wildman–Crippen MR) is 65.7 cm³/mol. The average molecular weight is 271 g/mol. The minimum atomic E-state index is -1.49. The second-order valence-electron chi connectivity index (χ2n) is 4.06. The predicted octanol–water partition coefficient (Wildman–Crippen LogP) is -1.40. The number of amides is 1. The van der Waals surface area contributed by atoms with E-state index in [-0.39, 0.29) is 11.5 Å². The quantitative estimate of drug-likeness (QED) is 0.416. The van der Waals surface area contributed by atoms with Crippen molar-refractivity contribution >= 4 is 5.91 Å². The average Bonchev–Trinajstić information content (AvgIpc) is 2.44. The third-order valence-corrected chi connectivity index (χ3v) is 2.54. The van der Waals surface area contributed by atoms with Gasteiger partial charge in [0.15, 0.2) is 18.1 Å². The molecule has 5 N–H and O–H groups in total. The van der Waals surface area contributed by atoms with Crippen LogP contribution in [0.1, 0.15) is 0 Å². The lowest BCUT2D eigenvalue weighted by Gasteiger charge is -2.28. The Morgan fingerprint density at radius 1 is 1.16 bits per heavy atom. The maximum absolute atomic E-state index is 11.6. The second kappa shape index (κ2) is 6.93. The number of hydrogen-bond donors (Lipinski definition) is 5. The van der Waals surface area contributed by atoms with Gasteiger partial charge in [0.2, 0.25) is 0 Å². The summed E-state index contributed by atoms with van der Waals surface area (Å²) in [5, 5.41) is 38.8. The Morgan fingerprint density at radius 3 is 2.26 bits per heavy atom. The van der Waals surface area contributed by atoms with Crippen LogP contribution >= 0.6 is 0 Å². The van der Waals surface area contributed by atoms with E-state index in [1.54, 1.807) is 12.1 Å². The van der Waals surface area contributed by atoms with Gasteiger partial charge in [-0.15, -0.1) is 0 Å². The van der Waals surface area contributed by atoms with Gasteiger partial charge < -0.3 is 30.5 Å². The second-order valence-corrected chi connectivity index (χ2v) is 4.06. The number of carbonyl (C=O) groups excluding carboxylic acids is 1. The van der Waals surface area contributed by atoms with Gasteiger partial charge in [-0.25, -0.2) is 0 Å². The van der Waals surface area contributed by atoms with E-state index in [1.807, 2.05) is 0 Å². The minimum absolute atomic E-state index is 0.104. The summed E-state index contributed by atoms with van der Waals surface area (Å²) < 4.78 is 5.07. The molecule has 0 unspecified atom stereocenters. The molecule has 1 rings (SSSR count). The molecule has 106 valence electrons. The van der Waals surface area contributed by atoms with Gasteiger partial charge in [0, 0.05) is 0 Å². The first kappa shape index (κ1) is 15.2. The first-order chi connectivity index (χ1) is 9.06. The summed E-state index contributed by atoms with van der Waals surface area (Å²) in [5.41, 5.74) is -1.49. The fourth-order valence-corrected chi connectivity index (χ4v) is 1.32. The summed E-state index contributed by atoms with van der Waals surface area (Å²) in [4.78, 5) is 11.6. The molecule has 0 spiro atoms. The molecular weight excluding hydrogens is 254 g/mol. The van der Waals surface area contributed by atoms with Gasteiger partial charge >= 0.3 is 0 Å². The first-order valence-corrected chi connectivity index (χ1v) is 5.61. The highest BCUT2D eigenvalue weighted by atomic mass is 16.5. The number of phenolic OH excluding ortho intramolecular Hbond substituents is 1. The molecule has 0 aliphatic heterocycles. The van der Waals surface area contributed by atoms with Crippen molar-refractivity contribution in [1.29, 1.82) is 0 Å². The molecule has 0 atom stereocenters. The summed E-state index contributed by atoms with van der Waals surface area (Å²) >= 11 is 0. The lowest BCUT2D eigenvalue weighted by molar-refractivity contribution is -0.127. The van der Waals surface area contributed by atoms with Crippen LogP contribution in [0.15, 0.2) is 24.3 Å². The topological polar surface area (TPSA) is 119 Å². The molecular formula is C12H17NO6. The van der Waals surface area contributed by atoms with Crippen LogP contribution in [0.4, 0.5) is 0 Å².